The Hall–Kier alpha value is -0.610. The molecule has 0 spiro atoms. The zero-order valence-corrected chi connectivity index (χ0v) is 11.9. The van der Waals surface area contributed by atoms with E-state index in [0.29, 0.717) is 12.0 Å². The average molecular weight is 281 g/mol. The van der Waals surface area contributed by atoms with Crippen LogP contribution in [-0.4, -0.2) is 50.3 Å². The summed E-state index contributed by atoms with van der Waals surface area (Å²) in [5.41, 5.74) is 1.40. The smallest absolute Gasteiger partial charge is 0.0594 e. The molecule has 2 unspecified atom stereocenters. The van der Waals surface area contributed by atoms with Crippen molar-refractivity contribution < 1.29 is 4.74 Å². The molecular weight excluding hydrogens is 260 g/mol. The van der Waals surface area contributed by atoms with Crippen molar-refractivity contribution in [1.82, 2.24) is 10.2 Å². The van der Waals surface area contributed by atoms with E-state index < -0.39 is 0 Å². The first-order valence-electron chi connectivity index (χ1n) is 7.12. The Morgan fingerprint density at radius 1 is 1.16 bits per heavy atom. The Morgan fingerprint density at radius 3 is 2.63 bits per heavy atom. The third-order valence-corrected chi connectivity index (χ3v) is 4.51. The van der Waals surface area contributed by atoms with Gasteiger partial charge in [-0.1, -0.05) is 23.7 Å². The fraction of sp³-hybridized carbons (Fsp3) is 0.600. The standard InChI is InChI=1S/C15H21ClN2O/c16-13-3-1-12(2-4-13)14-11-17-6-5-15(14)18-7-9-19-10-8-18/h1-4,14-15,17H,5-11H2. The zero-order chi connectivity index (χ0) is 13.1. The van der Waals surface area contributed by atoms with E-state index in [4.69, 9.17) is 16.3 Å². The molecular formula is C15H21ClN2O. The number of nitrogens with one attached hydrogen (secondary N) is 1. The highest BCUT2D eigenvalue weighted by atomic mass is 35.5. The van der Waals surface area contributed by atoms with Crippen LogP contribution in [-0.2, 0) is 4.74 Å². The molecule has 3 rings (SSSR count). The van der Waals surface area contributed by atoms with Gasteiger partial charge in [-0.3, -0.25) is 4.90 Å². The number of nitrogens with zero attached hydrogens (tertiary/aromatic N) is 1. The molecule has 104 valence electrons. The van der Waals surface area contributed by atoms with Gasteiger partial charge in [0.2, 0.25) is 0 Å². The highest BCUT2D eigenvalue weighted by Gasteiger charge is 2.31. The van der Waals surface area contributed by atoms with Crippen LogP contribution in [0.4, 0.5) is 0 Å². The summed E-state index contributed by atoms with van der Waals surface area (Å²) in [7, 11) is 0. The number of hydrogen-bond acceptors (Lipinski definition) is 3. The summed E-state index contributed by atoms with van der Waals surface area (Å²) < 4.78 is 5.47. The van der Waals surface area contributed by atoms with E-state index in [2.05, 4.69) is 22.3 Å². The molecule has 0 aromatic heterocycles. The maximum Gasteiger partial charge on any atom is 0.0594 e. The Morgan fingerprint density at radius 2 is 1.89 bits per heavy atom. The number of ether oxygens (including phenoxy) is 1. The molecule has 2 atom stereocenters. The van der Waals surface area contributed by atoms with E-state index >= 15 is 0 Å². The minimum Gasteiger partial charge on any atom is -0.379 e. The van der Waals surface area contributed by atoms with Crippen LogP contribution in [0.15, 0.2) is 24.3 Å². The van der Waals surface area contributed by atoms with E-state index in [0.717, 1.165) is 44.4 Å². The second-order valence-corrected chi connectivity index (χ2v) is 5.80. The summed E-state index contributed by atoms with van der Waals surface area (Å²) in [6.07, 6.45) is 1.22. The van der Waals surface area contributed by atoms with Gasteiger partial charge in [0.1, 0.15) is 0 Å². The number of halogens is 1. The van der Waals surface area contributed by atoms with Gasteiger partial charge in [0, 0.05) is 36.6 Å². The van der Waals surface area contributed by atoms with E-state index in [-0.39, 0.29) is 0 Å². The van der Waals surface area contributed by atoms with Crippen LogP contribution in [0.1, 0.15) is 17.9 Å². The molecule has 0 radical (unpaired) electrons. The number of rotatable bonds is 2. The SMILES string of the molecule is Clc1ccc(C2CNCCC2N2CCOCC2)cc1. The van der Waals surface area contributed by atoms with Crippen LogP contribution in [0.5, 0.6) is 0 Å². The van der Waals surface area contributed by atoms with E-state index in [1.807, 2.05) is 12.1 Å². The Labute approximate surface area is 119 Å². The van der Waals surface area contributed by atoms with Crippen LogP contribution < -0.4 is 5.32 Å². The normalized spacial score (nSPS) is 29.3. The molecule has 0 saturated carbocycles. The molecule has 19 heavy (non-hydrogen) atoms. The molecule has 2 aliphatic rings. The molecule has 1 N–H and O–H groups in total. The molecule has 4 heteroatoms. The summed E-state index contributed by atoms with van der Waals surface area (Å²) in [5, 5.41) is 4.34. The highest BCUT2D eigenvalue weighted by Crippen LogP contribution is 2.29. The fourth-order valence-electron chi connectivity index (χ4n) is 3.24. The number of hydrogen-bond donors (Lipinski definition) is 1. The van der Waals surface area contributed by atoms with Crippen LogP contribution >= 0.6 is 11.6 Å². The lowest BCUT2D eigenvalue weighted by atomic mass is 9.85. The Bertz CT molecular complexity index is 403. The van der Waals surface area contributed by atoms with Gasteiger partial charge in [-0.25, -0.2) is 0 Å². The quantitative estimate of drug-likeness (QED) is 0.898. The second-order valence-electron chi connectivity index (χ2n) is 5.37. The molecule has 2 heterocycles. The van der Waals surface area contributed by atoms with E-state index in [9.17, 15) is 0 Å². The van der Waals surface area contributed by atoms with Gasteiger partial charge >= 0.3 is 0 Å². The average Bonchev–Trinajstić information content (AvgIpc) is 2.49. The zero-order valence-electron chi connectivity index (χ0n) is 11.1. The molecule has 0 bridgehead atoms. The number of morpholine rings is 1. The summed E-state index contributed by atoms with van der Waals surface area (Å²) in [6, 6.07) is 8.98. The van der Waals surface area contributed by atoms with Crippen molar-refractivity contribution in [3.8, 4) is 0 Å². The van der Waals surface area contributed by atoms with Gasteiger partial charge in [0.05, 0.1) is 13.2 Å². The Kier molecular flexibility index (Phi) is 4.38. The third kappa shape index (κ3) is 3.11. The monoisotopic (exact) mass is 280 g/mol. The van der Waals surface area contributed by atoms with E-state index in [1.54, 1.807) is 0 Å². The van der Waals surface area contributed by atoms with Crippen molar-refractivity contribution in [1.29, 1.82) is 0 Å². The molecule has 3 nitrogen and oxygen atoms in total. The predicted molar refractivity (Wildman–Crippen MR) is 77.9 cm³/mol. The molecule has 2 fully saturated rings. The molecule has 0 amide bonds. The molecule has 2 aliphatic heterocycles. The summed E-state index contributed by atoms with van der Waals surface area (Å²) in [5.74, 6) is 0.559. The Balaban J connectivity index is 1.78. The fourth-order valence-corrected chi connectivity index (χ4v) is 3.37. The minimum absolute atomic E-state index is 0.559. The number of piperidine rings is 1. The lowest BCUT2D eigenvalue weighted by molar-refractivity contribution is 0.00483. The first-order chi connectivity index (χ1) is 9.34. The van der Waals surface area contributed by atoms with Gasteiger partial charge in [0.25, 0.3) is 0 Å². The van der Waals surface area contributed by atoms with Gasteiger partial charge < -0.3 is 10.1 Å². The van der Waals surface area contributed by atoms with Gasteiger partial charge in [-0.05, 0) is 30.7 Å². The largest absolute Gasteiger partial charge is 0.379 e. The van der Waals surface area contributed by atoms with Gasteiger partial charge in [-0.15, -0.1) is 0 Å². The first kappa shape index (κ1) is 13.4. The molecule has 2 saturated heterocycles. The van der Waals surface area contributed by atoms with Crippen molar-refractivity contribution >= 4 is 11.6 Å². The van der Waals surface area contributed by atoms with Crippen molar-refractivity contribution in [3.05, 3.63) is 34.9 Å². The van der Waals surface area contributed by atoms with Crippen LogP contribution in [0.25, 0.3) is 0 Å². The summed E-state index contributed by atoms with van der Waals surface area (Å²) in [4.78, 5) is 2.60. The van der Waals surface area contributed by atoms with Crippen molar-refractivity contribution in [2.45, 2.75) is 18.4 Å². The maximum atomic E-state index is 5.99. The van der Waals surface area contributed by atoms with Crippen molar-refractivity contribution in [2.24, 2.45) is 0 Å². The second kappa shape index (κ2) is 6.23. The van der Waals surface area contributed by atoms with Gasteiger partial charge in [-0.2, -0.15) is 0 Å². The molecule has 1 aromatic rings. The lowest BCUT2D eigenvalue weighted by Gasteiger charge is -2.42. The van der Waals surface area contributed by atoms with Crippen molar-refractivity contribution in [2.75, 3.05) is 39.4 Å². The lowest BCUT2D eigenvalue weighted by Crippen LogP contribution is -2.52. The summed E-state index contributed by atoms with van der Waals surface area (Å²) in [6.45, 7) is 6.05. The topological polar surface area (TPSA) is 24.5 Å². The predicted octanol–water partition coefficient (Wildman–Crippen LogP) is 2.12. The van der Waals surface area contributed by atoms with E-state index in [1.165, 1.54) is 12.0 Å². The molecule has 1 aromatic carbocycles. The van der Waals surface area contributed by atoms with Gasteiger partial charge in [0.15, 0.2) is 0 Å². The van der Waals surface area contributed by atoms with Crippen molar-refractivity contribution in [3.63, 3.8) is 0 Å². The summed E-state index contributed by atoms with van der Waals surface area (Å²) >= 11 is 5.99. The third-order valence-electron chi connectivity index (χ3n) is 4.26. The van der Waals surface area contributed by atoms with Crippen LogP contribution in [0.3, 0.4) is 0 Å². The van der Waals surface area contributed by atoms with Crippen LogP contribution in [0.2, 0.25) is 5.02 Å². The molecule has 0 aliphatic carbocycles. The number of benzene rings is 1. The van der Waals surface area contributed by atoms with Crippen LogP contribution in [0, 0.1) is 0 Å². The highest BCUT2D eigenvalue weighted by molar-refractivity contribution is 6.30. The minimum atomic E-state index is 0.559. The maximum absolute atomic E-state index is 5.99. The first-order valence-corrected chi connectivity index (χ1v) is 7.50.